The van der Waals surface area contributed by atoms with E-state index in [9.17, 15) is 18.4 Å². The number of thioether (sulfide) groups is 1. The zero-order valence-corrected chi connectivity index (χ0v) is 11.1. The number of hydrogen-bond donors (Lipinski definition) is 2. The van der Waals surface area contributed by atoms with E-state index in [1.807, 2.05) is 0 Å². The third-order valence-electron chi connectivity index (χ3n) is 2.86. The molecule has 1 atom stereocenters. The number of urea groups is 1. The number of benzene rings is 1. The second-order valence-corrected chi connectivity index (χ2v) is 5.23. The first-order chi connectivity index (χ1) is 9.49. The quantitative estimate of drug-likeness (QED) is 0.890. The summed E-state index contributed by atoms with van der Waals surface area (Å²) >= 11 is 1.35. The molecule has 1 aromatic rings. The minimum atomic E-state index is -1.06. The Morgan fingerprint density at radius 2 is 2.15 bits per heavy atom. The molecular weight excluding hydrogens is 290 g/mol. The molecule has 8 heteroatoms. The highest BCUT2D eigenvalue weighted by Gasteiger charge is 2.34. The highest BCUT2D eigenvalue weighted by atomic mass is 32.2. The lowest BCUT2D eigenvalue weighted by Crippen LogP contribution is -2.46. The summed E-state index contributed by atoms with van der Waals surface area (Å²) < 4.78 is 25.7. The van der Waals surface area contributed by atoms with E-state index in [2.05, 4.69) is 5.32 Å². The lowest BCUT2D eigenvalue weighted by molar-refractivity contribution is -0.140. The predicted octanol–water partition coefficient (Wildman–Crippen LogP) is 1.63. The zero-order valence-electron chi connectivity index (χ0n) is 10.3. The molecule has 1 saturated heterocycles. The van der Waals surface area contributed by atoms with Crippen molar-refractivity contribution in [2.45, 2.75) is 12.6 Å². The highest BCUT2D eigenvalue weighted by Crippen LogP contribution is 2.21. The number of carboxylic acids is 1. The van der Waals surface area contributed by atoms with Crippen molar-refractivity contribution in [2.75, 3.05) is 11.6 Å². The zero-order chi connectivity index (χ0) is 14.7. The van der Waals surface area contributed by atoms with Crippen molar-refractivity contribution in [1.82, 2.24) is 10.2 Å². The molecule has 1 fully saturated rings. The normalized spacial score (nSPS) is 18.1. The summed E-state index contributed by atoms with van der Waals surface area (Å²) in [7, 11) is 0. The van der Waals surface area contributed by atoms with Crippen LogP contribution in [0.15, 0.2) is 18.2 Å². The van der Waals surface area contributed by atoms with Crippen molar-refractivity contribution in [3.8, 4) is 0 Å². The topological polar surface area (TPSA) is 69.6 Å². The Balaban J connectivity index is 1.94. The van der Waals surface area contributed by atoms with Crippen LogP contribution in [-0.2, 0) is 11.3 Å². The largest absolute Gasteiger partial charge is 0.480 e. The van der Waals surface area contributed by atoms with Gasteiger partial charge in [0.2, 0.25) is 0 Å². The Labute approximate surface area is 117 Å². The van der Waals surface area contributed by atoms with Gasteiger partial charge in [-0.15, -0.1) is 11.8 Å². The first-order valence-electron chi connectivity index (χ1n) is 5.78. The number of carboxylic acid groups (broad SMARTS) is 1. The second kappa shape index (κ2) is 6.08. The van der Waals surface area contributed by atoms with Crippen molar-refractivity contribution in [3.05, 3.63) is 35.4 Å². The van der Waals surface area contributed by atoms with Gasteiger partial charge in [0.1, 0.15) is 6.04 Å². The van der Waals surface area contributed by atoms with E-state index in [0.717, 1.165) is 12.1 Å². The number of carbonyl (C=O) groups is 2. The van der Waals surface area contributed by atoms with E-state index in [-0.39, 0.29) is 6.54 Å². The van der Waals surface area contributed by atoms with Crippen LogP contribution in [0.25, 0.3) is 0 Å². The monoisotopic (exact) mass is 302 g/mol. The fraction of sp³-hybridized carbons (Fsp3) is 0.333. The van der Waals surface area contributed by atoms with Gasteiger partial charge in [-0.3, -0.25) is 0 Å². The molecule has 0 bridgehead atoms. The molecule has 1 aromatic carbocycles. The first-order valence-corrected chi connectivity index (χ1v) is 6.93. The summed E-state index contributed by atoms with van der Waals surface area (Å²) in [6.07, 6.45) is 0. The van der Waals surface area contributed by atoms with Crippen LogP contribution in [0.3, 0.4) is 0 Å². The smallest absolute Gasteiger partial charge is 0.327 e. The average molecular weight is 302 g/mol. The Morgan fingerprint density at radius 3 is 2.80 bits per heavy atom. The Morgan fingerprint density at radius 1 is 1.40 bits per heavy atom. The molecule has 0 aromatic heterocycles. The number of rotatable bonds is 3. The third kappa shape index (κ3) is 3.19. The van der Waals surface area contributed by atoms with Gasteiger partial charge < -0.3 is 15.3 Å². The number of carbonyl (C=O) groups excluding carboxylic acids is 1. The highest BCUT2D eigenvalue weighted by molar-refractivity contribution is 7.99. The summed E-state index contributed by atoms with van der Waals surface area (Å²) in [5, 5.41) is 11.5. The molecule has 2 rings (SSSR count). The Kier molecular flexibility index (Phi) is 4.43. The number of aliphatic carboxylic acids is 1. The van der Waals surface area contributed by atoms with Gasteiger partial charge in [0, 0.05) is 12.3 Å². The van der Waals surface area contributed by atoms with Crippen LogP contribution >= 0.6 is 11.8 Å². The van der Waals surface area contributed by atoms with Crippen LogP contribution in [0.2, 0.25) is 0 Å². The maximum Gasteiger partial charge on any atom is 0.327 e. The van der Waals surface area contributed by atoms with Gasteiger partial charge in [0.25, 0.3) is 0 Å². The number of halogens is 2. The molecule has 0 saturated carbocycles. The third-order valence-corrected chi connectivity index (χ3v) is 3.87. The van der Waals surface area contributed by atoms with Crippen molar-refractivity contribution in [3.63, 3.8) is 0 Å². The van der Waals surface area contributed by atoms with E-state index < -0.39 is 29.7 Å². The maximum absolute atomic E-state index is 13.0. The van der Waals surface area contributed by atoms with Gasteiger partial charge >= 0.3 is 12.0 Å². The van der Waals surface area contributed by atoms with Gasteiger partial charge in [-0.25, -0.2) is 18.4 Å². The van der Waals surface area contributed by atoms with Crippen LogP contribution in [0.4, 0.5) is 13.6 Å². The Hall–Kier alpha value is -1.83. The summed E-state index contributed by atoms with van der Waals surface area (Å²) in [6.45, 7) is 0.00351. The predicted molar refractivity (Wildman–Crippen MR) is 69.2 cm³/mol. The molecule has 1 aliphatic heterocycles. The molecule has 0 aliphatic carbocycles. The maximum atomic E-state index is 13.0. The van der Waals surface area contributed by atoms with Crippen molar-refractivity contribution in [2.24, 2.45) is 0 Å². The SMILES string of the molecule is O=C(O)C1CSCN1C(=O)NCc1ccc(F)c(F)c1. The van der Waals surface area contributed by atoms with Crippen molar-refractivity contribution in [1.29, 1.82) is 0 Å². The summed E-state index contributed by atoms with van der Waals surface area (Å²) in [4.78, 5) is 24.0. The van der Waals surface area contributed by atoms with Crippen molar-refractivity contribution >= 4 is 23.8 Å². The number of hydrogen-bond acceptors (Lipinski definition) is 3. The van der Waals surface area contributed by atoms with Crippen LogP contribution in [0.5, 0.6) is 0 Å². The lowest BCUT2D eigenvalue weighted by Gasteiger charge is -2.20. The molecule has 0 radical (unpaired) electrons. The molecule has 20 heavy (non-hydrogen) atoms. The molecule has 1 aliphatic rings. The van der Waals surface area contributed by atoms with Gasteiger partial charge in [-0.05, 0) is 17.7 Å². The van der Waals surface area contributed by atoms with Crippen molar-refractivity contribution < 1.29 is 23.5 Å². The van der Waals surface area contributed by atoms with Crippen LogP contribution in [-0.4, -0.2) is 39.7 Å². The molecular formula is C12H12F2N2O3S. The second-order valence-electron chi connectivity index (χ2n) is 4.23. The van der Waals surface area contributed by atoms with Crippen LogP contribution in [0.1, 0.15) is 5.56 Å². The summed E-state index contributed by atoms with van der Waals surface area (Å²) in [5.74, 6) is -2.37. The fourth-order valence-electron chi connectivity index (χ4n) is 1.78. The lowest BCUT2D eigenvalue weighted by atomic mass is 10.2. The van der Waals surface area contributed by atoms with E-state index in [1.165, 1.54) is 22.7 Å². The van der Waals surface area contributed by atoms with Gasteiger partial charge in [0.05, 0.1) is 5.88 Å². The number of nitrogens with one attached hydrogen (secondary N) is 1. The molecule has 1 unspecified atom stereocenters. The van der Waals surface area contributed by atoms with Crippen LogP contribution < -0.4 is 5.32 Å². The van der Waals surface area contributed by atoms with Gasteiger partial charge in [0.15, 0.2) is 11.6 Å². The van der Waals surface area contributed by atoms with E-state index in [1.54, 1.807) is 0 Å². The molecule has 1 heterocycles. The standard InChI is InChI=1S/C12H12F2N2O3S/c13-8-2-1-7(3-9(8)14)4-15-12(19)16-6-20-5-10(16)11(17)18/h1-3,10H,4-6H2,(H,15,19)(H,17,18). The molecule has 2 N–H and O–H groups in total. The molecule has 2 amide bonds. The first kappa shape index (κ1) is 14.6. The summed E-state index contributed by atoms with van der Waals surface area (Å²) in [5.41, 5.74) is 0.399. The Bertz CT molecular complexity index is 541. The van der Waals surface area contributed by atoms with E-state index >= 15 is 0 Å². The van der Waals surface area contributed by atoms with E-state index in [4.69, 9.17) is 5.11 Å². The number of nitrogens with zero attached hydrogens (tertiary/aromatic N) is 1. The molecule has 108 valence electrons. The van der Waals surface area contributed by atoms with Gasteiger partial charge in [-0.2, -0.15) is 0 Å². The van der Waals surface area contributed by atoms with Crippen LogP contribution in [0, 0.1) is 11.6 Å². The fourth-order valence-corrected chi connectivity index (χ4v) is 2.92. The molecule has 5 nitrogen and oxygen atoms in total. The van der Waals surface area contributed by atoms with E-state index in [0.29, 0.717) is 17.2 Å². The minimum Gasteiger partial charge on any atom is -0.480 e. The molecule has 0 spiro atoms. The number of amides is 2. The average Bonchev–Trinajstić information content (AvgIpc) is 2.89. The minimum absolute atomic E-state index is 0.00351. The summed E-state index contributed by atoms with van der Waals surface area (Å²) in [6, 6.07) is 1.93. The van der Waals surface area contributed by atoms with Gasteiger partial charge in [-0.1, -0.05) is 6.07 Å².